The number of carbonyl (C=O) groups is 2. The normalized spacial score (nSPS) is 11.6. The number of amides is 2. The van der Waals surface area contributed by atoms with Crippen LogP contribution in [0.25, 0.3) is 10.8 Å². The molecule has 0 radical (unpaired) electrons. The van der Waals surface area contributed by atoms with Gasteiger partial charge in [-0.3, -0.25) is 20.4 Å². The molecule has 0 saturated carbocycles. The van der Waals surface area contributed by atoms with Gasteiger partial charge >= 0.3 is 0 Å². The number of hydrazine groups is 1. The summed E-state index contributed by atoms with van der Waals surface area (Å²) in [4.78, 5) is 24.2. The van der Waals surface area contributed by atoms with Crippen molar-refractivity contribution in [2.75, 3.05) is 0 Å². The van der Waals surface area contributed by atoms with Crippen LogP contribution in [0.4, 0.5) is 0 Å². The second-order valence-corrected chi connectivity index (χ2v) is 7.25. The van der Waals surface area contributed by atoms with Gasteiger partial charge in [-0.2, -0.15) is 0 Å². The average molecular weight is 441 g/mol. The summed E-state index contributed by atoms with van der Waals surface area (Å²) in [6.45, 7) is 1.64. The van der Waals surface area contributed by atoms with Crippen LogP contribution < -0.4 is 15.6 Å². The van der Waals surface area contributed by atoms with Crippen LogP contribution in [0.1, 0.15) is 18.9 Å². The van der Waals surface area contributed by atoms with E-state index >= 15 is 0 Å². The van der Waals surface area contributed by atoms with Gasteiger partial charge in [0.25, 0.3) is 5.91 Å². The number of hydrogen-bond acceptors (Lipinski definition) is 3. The van der Waals surface area contributed by atoms with E-state index in [9.17, 15) is 9.59 Å². The Balaban J connectivity index is 1.46. The molecular weight excluding hydrogens is 420 g/mol. The van der Waals surface area contributed by atoms with Gasteiger partial charge in [-0.05, 0) is 47.9 Å². The topological polar surface area (TPSA) is 67.4 Å². The first-order chi connectivity index (χ1) is 13.5. The Morgan fingerprint density at radius 3 is 2.46 bits per heavy atom. The molecule has 2 N–H and O–H groups in total. The van der Waals surface area contributed by atoms with Crippen LogP contribution in [0.3, 0.4) is 0 Å². The molecule has 5 nitrogen and oxygen atoms in total. The van der Waals surface area contributed by atoms with Gasteiger partial charge in [-0.15, -0.1) is 0 Å². The van der Waals surface area contributed by atoms with Gasteiger partial charge < -0.3 is 4.74 Å². The van der Waals surface area contributed by atoms with Crippen LogP contribution in [-0.4, -0.2) is 17.9 Å². The van der Waals surface area contributed by atoms with Crippen molar-refractivity contribution in [2.45, 2.75) is 25.9 Å². The van der Waals surface area contributed by atoms with Crippen molar-refractivity contribution in [1.82, 2.24) is 10.9 Å². The van der Waals surface area contributed by atoms with Crippen LogP contribution >= 0.6 is 15.9 Å². The Hall–Kier alpha value is -2.86. The summed E-state index contributed by atoms with van der Waals surface area (Å²) >= 11 is 3.46. The zero-order valence-corrected chi connectivity index (χ0v) is 17.0. The number of rotatable bonds is 6. The largest absolute Gasteiger partial charge is 0.481 e. The molecule has 3 aromatic carbocycles. The molecule has 6 heteroatoms. The summed E-state index contributed by atoms with van der Waals surface area (Å²) in [7, 11) is 0. The molecule has 0 aromatic heterocycles. The Morgan fingerprint density at radius 1 is 0.964 bits per heavy atom. The van der Waals surface area contributed by atoms with E-state index in [1.807, 2.05) is 66.7 Å². The molecule has 3 rings (SSSR count). The molecule has 28 heavy (non-hydrogen) atoms. The lowest BCUT2D eigenvalue weighted by molar-refractivity contribution is -0.132. The minimum Gasteiger partial charge on any atom is -0.481 e. The van der Waals surface area contributed by atoms with E-state index in [-0.39, 0.29) is 12.3 Å². The first kappa shape index (κ1) is 19.9. The summed E-state index contributed by atoms with van der Waals surface area (Å²) < 4.78 is 6.65. The molecule has 0 aliphatic rings. The van der Waals surface area contributed by atoms with Gasteiger partial charge in [0.15, 0.2) is 6.10 Å². The number of benzene rings is 3. The summed E-state index contributed by atoms with van der Waals surface area (Å²) in [5.41, 5.74) is 5.89. The predicted octanol–water partition coefficient (Wildman–Crippen LogP) is 4.15. The van der Waals surface area contributed by atoms with Gasteiger partial charge in [0.2, 0.25) is 5.91 Å². The van der Waals surface area contributed by atoms with Gasteiger partial charge in [0.05, 0.1) is 0 Å². The molecule has 3 aromatic rings. The van der Waals surface area contributed by atoms with Crippen molar-refractivity contribution in [3.8, 4) is 5.75 Å². The highest BCUT2D eigenvalue weighted by Gasteiger charge is 2.15. The maximum Gasteiger partial charge on any atom is 0.279 e. The third-order valence-electron chi connectivity index (χ3n) is 4.31. The fraction of sp³-hybridized carbons (Fsp3) is 0.182. The number of halogens is 1. The zero-order valence-electron chi connectivity index (χ0n) is 15.4. The Labute approximate surface area is 172 Å². The summed E-state index contributed by atoms with van der Waals surface area (Å²) in [5, 5.41) is 2.14. The van der Waals surface area contributed by atoms with Gasteiger partial charge in [0, 0.05) is 10.9 Å². The van der Waals surface area contributed by atoms with Crippen LogP contribution in [0, 0.1) is 0 Å². The third kappa shape index (κ3) is 5.33. The summed E-state index contributed by atoms with van der Waals surface area (Å²) in [6, 6.07) is 21.3. The number of ether oxygens (including phenoxy) is 1. The zero-order chi connectivity index (χ0) is 19.9. The van der Waals surface area contributed by atoms with Crippen molar-refractivity contribution in [3.05, 3.63) is 76.8 Å². The maximum absolute atomic E-state index is 12.2. The van der Waals surface area contributed by atoms with Gasteiger partial charge in [-0.1, -0.05) is 64.5 Å². The molecule has 0 fully saturated rings. The predicted molar refractivity (Wildman–Crippen MR) is 113 cm³/mol. The van der Waals surface area contributed by atoms with Crippen molar-refractivity contribution in [1.29, 1.82) is 0 Å². The van der Waals surface area contributed by atoms with Crippen molar-refractivity contribution in [3.63, 3.8) is 0 Å². The van der Waals surface area contributed by atoms with E-state index in [0.717, 1.165) is 20.8 Å². The fourth-order valence-electron chi connectivity index (χ4n) is 2.74. The van der Waals surface area contributed by atoms with Crippen molar-refractivity contribution >= 4 is 38.5 Å². The number of hydrogen-bond donors (Lipinski definition) is 2. The molecule has 1 atom stereocenters. The smallest absolute Gasteiger partial charge is 0.279 e. The average Bonchev–Trinajstić information content (AvgIpc) is 2.71. The van der Waals surface area contributed by atoms with Crippen molar-refractivity contribution in [2.24, 2.45) is 0 Å². The molecule has 0 spiro atoms. The molecule has 144 valence electrons. The Morgan fingerprint density at radius 2 is 1.68 bits per heavy atom. The first-order valence-corrected chi connectivity index (χ1v) is 9.80. The lowest BCUT2D eigenvalue weighted by Gasteiger charge is -2.15. The Kier molecular flexibility index (Phi) is 6.66. The summed E-state index contributed by atoms with van der Waals surface area (Å²) in [6.07, 6.45) is 0.0967. The number of aryl methyl sites for hydroxylation is 1. The highest BCUT2D eigenvalue weighted by atomic mass is 79.9. The van der Waals surface area contributed by atoms with E-state index in [2.05, 4.69) is 26.8 Å². The van der Waals surface area contributed by atoms with E-state index in [1.54, 1.807) is 6.92 Å². The monoisotopic (exact) mass is 440 g/mol. The van der Waals surface area contributed by atoms with Crippen LogP contribution in [0.2, 0.25) is 0 Å². The Bertz CT molecular complexity index is 990. The van der Waals surface area contributed by atoms with Gasteiger partial charge in [0.1, 0.15) is 5.75 Å². The molecule has 0 aliphatic carbocycles. The van der Waals surface area contributed by atoms with Crippen molar-refractivity contribution < 1.29 is 14.3 Å². The minimum atomic E-state index is -0.746. The number of fused-ring (bicyclic) bond motifs is 1. The van der Waals surface area contributed by atoms with Crippen LogP contribution in [-0.2, 0) is 16.0 Å². The van der Waals surface area contributed by atoms with E-state index in [1.165, 1.54) is 0 Å². The number of nitrogens with one attached hydrogen (secondary N) is 2. The molecule has 1 unspecified atom stereocenters. The highest BCUT2D eigenvalue weighted by Crippen LogP contribution is 2.21. The lowest BCUT2D eigenvalue weighted by Crippen LogP contribution is -2.47. The molecule has 0 bridgehead atoms. The first-order valence-electron chi connectivity index (χ1n) is 9.00. The van der Waals surface area contributed by atoms with Crippen LogP contribution in [0.15, 0.2) is 71.2 Å². The summed E-state index contributed by atoms with van der Waals surface area (Å²) in [5.74, 6) is -0.0778. The van der Waals surface area contributed by atoms with Crippen LogP contribution in [0.5, 0.6) is 5.75 Å². The van der Waals surface area contributed by atoms with Gasteiger partial charge in [-0.25, -0.2) is 0 Å². The maximum atomic E-state index is 12.2. The lowest BCUT2D eigenvalue weighted by atomic mass is 10.1. The minimum absolute atomic E-state index is 0.262. The molecule has 0 aliphatic heterocycles. The molecular formula is C22H21BrN2O3. The second kappa shape index (κ2) is 9.37. The standard InChI is InChI=1S/C22H21BrN2O3/c1-15(28-19-12-10-16-6-2-3-8-18(16)14-19)22(27)25-24-21(26)13-11-17-7-4-5-9-20(17)23/h2-10,12,14-15H,11,13H2,1H3,(H,24,26)(H,25,27). The van der Waals surface area contributed by atoms with E-state index in [4.69, 9.17) is 4.74 Å². The molecule has 0 heterocycles. The number of carbonyl (C=O) groups excluding carboxylic acids is 2. The van der Waals surface area contributed by atoms with E-state index in [0.29, 0.717) is 12.2 Å². The third-order valence-corrected chi connectivity index (χ3v) is 5.08. The second-order valence-electron chi connectivity index (χ2n) is 6.40. The quantitative estimate of drug-likeness (QED) is 0.565. The fourth-order valence-corrected chi connectivity index (χ4v) is 3.23. The SMILES string of the molecule is CC(Oc1ccc2ccccc2c1)C(=O)NNC(=O)CCc1ccccc1Br. The highest BCUT2D eigenvalue weighted by molar-refractivity contribution is 9.10. The molecule has 2 amide bonds. The van der Waals surface area contributed by atoms with E-state index < -0.39 is 12.0 Å². The molecule has 0 saturated heterocycles.